The molecule has 114 valence electrons. The van der Waals surface area contributed by atoms with Gasteiger partial charge in [-0.05, 0) is 38.9 Å². The molecule has 3 heteroatoms. The second-order valence-corrected chi connectivity index (χ2v) is 6.32. The van der Waals surface area contributed by atoms with E-state index in [1.165, 1.54) is 11.1 Å². The number of hydrogen-bond donors (Lipinski definition) is 1. The monoisotopic (exact) mass is 285 g/mol. The summed E-state index contributed by atoms with van der Waals surface area (Å²) in [6.07, 6.45) is 0. The van der Waals surface area contributed by atoms with Crippen molar-refractivity contribution in [1.82, 2.24) is 10.3 Å². The molecule has 0 aliphatic heterocycles. The van der Waals surface area contributed by atoms with Gasteiger partial charge in [0.1, 0.15) is 0 Å². The van der Waals surface area contributed by atoms with Crippen molar-refractivity contribution in [1.29, 1.82) is 0 Å². The highest BCUT2D eigenvalue weighted by Crippen LogP contribution is 2.29. The van der Waals surface area contributed by atoms with E-state index in [4.69, 9.17) is 4.98 Å². The minimum absolute atomic E-state index is 0.473. The second kappa shape index (κ2) is 6.90. The van der Waals surface area contributed by atoms with Crippen molar-refractivity contribution < 1.29 is 0 Å². The van der Waals surface area contributed by atoms with Crippen LogP contribution >= 0.6 is 0 Å². The van der Waals surface area contributed by atoms with Gasteiger partial charge in [0.15, 0.2) is 0 Å². The molecule has 1 aromatic heterocycles. The van der Waals surface area contributed by atoms with E-state index in [-0.39, 0.29) is 0 Å². The molecule has 1 N–H and O–H groups in total. The smallest absolute Gasteiger partial charge is 0.0726 e. The predicted octanol–water partition coefficient (Wildman–Crippen LogP) is 3.83. The number of fused-ring (bicyclic) bond motifs is 1. The Bertz CT molecular complexity index is 590. The number of rotatable bonds is 6. The van der Waals surface area contributed by atoms with Crippen LogP contribution in [0.1, 0.15) is 33.4 Å². The van der Waals surface area contributed by atoms with Crippen molar-refractivity contribution in [2.24, 2.45) is 5.92 Å². The van der Waals surface area contributed by atoms with Gasteiger partial charge >= 0.3 is 0 Å². The normalized spacial score (nSPS) is 11.6. The zero-order valence-electron chi connectivity index (χ0n) is 13.9. The molecule has 0 aliphatic rings. The zero-order chi connectivity index (χ0) is 15.4. The van der Waals surface area contributed by atoms with E-state index in [1.54, 1.807) is 0 Å². The average molecular weight is 285 g/mol. The van der Waals surface area contributed by atoms with E-state index >= 15 is 0 Å². The molecule has 3 nitrogen and oxygen atoms in total. The first-order valence-corrected chi connectivity index (χ1v) is 7.82. The van der Waals surface area contributed by atoms with Crippen molar-refractivity contribution in [2.75, 3.05) is 18.5 Å². The molecule has 1 aromatic carbocycles. The topological polar surface area (TPSA) is 28.2 Å². The average Bonchev–Trinajstić information content (AvgIpc) is 2.44. The van der Waals surface area contributed by atoms with Crippen LogP contribution in [0.2, 0.25) is 0 Å². The van der Waals surface area contributed by atoms with Crippen LogP contribution in [0.3, 0.4) is 0 Å². The molecule has 21 heavy (non-hydrogen) atoms. The highest BCUT2D eigenvalue weighted by molar-refractivity contribution is 5.92. The minimum Gasteiger partial charge on any atom is -0.368 e. The van der Waals surface area contributed by atoms with Gasteiger partial charge in [0.25, 0.3) is 0 Å². The van der Waals surface area contributed by atoms with Crippen LogP contribution in [0.5, 0.6) is 0 Å². The molecule has 0 bridgehead atoms. The number of aromatic nitrogens is 1. The van der Waals surface area contributed by atoms with E-state index in [2.05, 4.69) is 68.2 Å². The summed E-state index contributed by atoms with van der Waals surface area (Å²) in [5.74, 6) is 0.632. The summed E-state index contributed by atoms with van der Waals surface area (Å²) in [4.78, 5) is 7.25. The van der Waals surface area contributed by atoms with Gasteiger partial charge in [-0.25, -0.2) is 0 Å². The lowest BCUT2D eigenvalue weighted by Crippen LogP contribution is -2.34. The Kier molecular flexibility index (Phi) is 5.18. The maximum atomic E-state index is 4.76. The van der Waals surface area contributed by atoms with E-state index in [9.17, 15) is 0 Å². The Hall–Kier alpha value is -1.61. The Morgan fingerprint density at radius 2 is 1.86 bits per heavy atom. The fourth-order valence-corrected chi connectivity index (χ4v) is 2.70. The number of nitrogens with one attached hydrogen (secondary N) is 1. The van der Waals surface area contributed by atoms with Gasteiger partial charge in [-0.1, -0.05) is 32.0 Å². The SMILES string of the molecule is CNCc1cc(N(CC(C)C)C(C)C)c2ccccc2n1. The van der Waals surface area contributed by atoms with Gasteiger partial charge in [-0.2, -0.15) is 0 Å². The second-order valence-electron chi connectivity index (χ2n) is 6.32. The molecule has 0 saturated carbocycles. The zero-order valence-corrected chi connectivity index (χ0v) is 13.9. The third-order valence-corrected chi connectivity index (χ3v) is 3.60. The molecule has 0 amide bonds. The Morgan fingerprint density at radius 1 is 1.14 bits per heavy atom. The molecular weight excluding hydrogens is 258 g/mol. The van der Waals surface area contributed by atoms with E-state index < -0.39 is 0 Å². The number of benzene rings is 1. The third-order valence-electron chi connectivity index (χ3n) is 3.60. The number of para-hydroxylation sites is 1. The largest absolute Gasteiger partial charge is 0.368 e. The highest BCUT2D eigenvalue weighted by Gasteiger charge is 2.16. The summed E-state index contributed by atoms with van der Waals surface area (Å²) in [6, 6.07) is 11.1. The molecule has 0 unspecified atom stereocenters. The number of anilines is 1. The van der Waals surface area contributed by atoms with Crippen LogP contribution < -0.4 is 10.2 Å². The lowest BCUT2D eigenvalue weighted by molar-refractivity contribution is 0.572. The van der Waals surface area contributed by atoms with Crippen molar-refractivity contribution in [3.8, 4) is 0 Å². The molecule has 0 fully saturated rings. The maximum Gasteiger partial charge on any atom is 0.0726 e. The van der Waals surface area contributed by atoms with Crippen molar-refractivity contribution in [3.63, 3.8) is 0 Å². The highest BCUT2D eigenvalue weighted by atomic mass is 15.2. The quantitative estimate of drug-likeness (QED) is 0.874. The van der Waals surface area contributed by atoms with Gasteiger partial charge in [-0.15, -0.1) is 0 Å². The third kappa shape index (κ3) is 3.73. The fraction of sp³-hybridized carbons (Fsp3) is 0.500. The first kappa shape index (κ1) is 15.8. The molecule has 0 spiro atoms. The van der Waals surface area contributed by atoms with Gasteiger partial charge in [-0.3, -0.25) is 4.98 Å². The van der Waals surface area contributed by atoms with Gasteiger partial charge in [0, 0.05) is 30.2 Å². The number of pyridine rings is 1. The summed E-state index contributed by atoms with van der Waals surface area (Å²) >= 11 is 0. The van der Waals surface area contributed by atoms with Gasteiger partial charge in [0.05, 0.1) is 11.2 Å². The van der Waals surface area contributed by atoms with Crippen LogP contribution in [-0.2, 0) is 6.54 Å². The summed E-state index contributed by atoms with van der Waals surface area (Å²) in [6.45, 7) is 10.9. The lowest BCUT2D eigenvalue weighted by Gasteiger charge is -2.32. The molecule has 1 heterocycles. The van der Waals surface area contributed by atoms with Crippen LogP contribution in [-0.4, -0.2) is 24.6 Å². The standard InChI is InChI=1S/C18H27N3/c1-13(2)12-21(14(3)4)18-10-15(11-19-5)20-17-9-7-6-8-16(17)18/h6-10,13-14,19H,11-12H2,1-5H3. The Balaban J connectivity index is 2.57. The Morgan fingerprint density at radius 3 is 2.48 bits per heavy atom. The maximum absolute atomic E-state index is 4.76. The lowest BCUT2D eigenvalue weighted by atomic mass is 10.1. The van der Waals surface area contributed by atoms with Crippen LogP contribution in [0, 0.1) is 5.92 Å². The molecule has 2 rings (SSSR count). The first-order chi connectivity index (χ1) is 10.0. The number of hydrogen-bond acceptors (Lipinski definition) is 3. The molecule has 2 aromatic rings. The summed E-state index contributed by atoms with van der Waals surface area (Å²) in [5, 5.41) is 4.45. The van der Waals surface area contributed by atoms with Gasteiger partial charge < -0.3 is 10.2 Å². The summed E-state index contributed by atoms with van der Waals surface area (Å²) in [7, 11) is 1.96. The molecular formula is C18H27N3. The first-order valence-electron chi connectivity index (χ1n) is 7.82. The van der Waals surface area contributed by atoms with E-state index in [1.807, 2.05) is 7.05 Å². The fourth-order valence-electron chi connectivity index (χ4n) is 2.70. The molecule has 0 aliphatic carbocycles. The van der Waals surface area contributed by atoms with Gasteiger partial charge in [0.2, 0.25) is 0 Å². The molecule has 0 radical (unpaired) electrons. The van der Waals surface area contributed by atoms with Crippen LogP contribution in [0.25, 0.3) is 10.9 Å². The molecule has 0 saturated heterocycles. The van der Waals surface area contributed by atoms with E-state index in [0.717, 1.165) is 24.3 Å². The van der Waals surface area contributed by atoms with Crippen molar-refractivity contribution >= 4 is 16.6 Å². The van der Waals surface area contributed by atoms with Crippen LogP contribution in [0.15, 0.2) is 30.3 Å². The summed E-state index contributed by atoms with van der Waals surface area (Å²) in [5.41, 5.74) is 3.48. The van der Waals surface area contributed by atoms with Crippen molar-refractivity contribution in [2.45, 2.75) is 40.3 Å². The molecule has 0 atom stereocenters. The Labute approximate surface area is 128 Å². The van der Waals surface area contributed by atoms with Crippen molar-refractivity contribution in [3.05, 3.63) is 36.0 Å². The predicted molar refractivity (Wildman–Crippen MR) is 91.8 cm³/mol. The minimum atomic E-state index is 0.473. The van der Waals surface area contributed by atoms with Crippen LogP contribution in [0.4, 0.5) is 5.69 Å². The van der Waals surface area contributed by atoms with E-state index in [0.29, 0.717) is 12.0 Å². The summed E-state index contributed by atoms with van der Waals surface area (Å²) < 4.78 is 0. The number of nitrogens with zero attached hydrogens (tertiary/aromatic N) is 2.